The lowest BCUT2D eigenvalue weighted by atomic mass is 9.94. The second-order valence-corrected chi connectivity index (χ2v) is 16.6. The minimum absolute atomic E-state index is 0.0115. The van der Waals surface area contributed by atoms with Crippen molar-refractivity contribution in [1.82, 2.24) is 25.4 Å². The number of Topliss-reactive ketones (excluding diaryl/α,β-unsaturated/α-hetero) is 1. The fourth-order valence-electron chi connectivity index (χ4n) is 6.78. The van der Waals surface area contributed by atoms with Crippen LogP contribution < -0.4 is 10.6 Å². The van der Waals surface area contributed by atoms with Gasteiger partial charge in [0.1, 0.15) is 22.5 Å². The van der Waals surface area contributed by atoms with E-state index >= 15 is 0 Å². The number of thiazole rings is 1. The summed E-state index contributed by atoms with van der Waals surface area (Å²) < 4.78 is 5.85. The van der Waals surface area contributed by atoms with Crippen LogP contribution in [0.1, 0.15) is 119 Å². The molecule has 6 atom stereocenters. The lowest BCUT2D eigenvalue weighted by Crippen LogP contribution is -2.58. The molecular formula is C40H59N5O8S. The minimum atomic E-state index is -0.955. The number of carboxylic acid groups (broad SMARTS) is 1. The van der Waals surface area contributed by atoms with E-state index in [4.69, 9.17) is 9.72 Å². The Labute approximate surface area is 323 Å². The summed E-state index contributed by atoms with van der Waals surface area (Å²) in [5.41, 5.74) is 1.13. The van der Waals surface area contributed by atoms with Gasteiger partial charge in [0.15, 0.2) is 6.10 Å². The van der Waals surface area contributed by atoms with Gasteiger partial charge in [-0.3, -0.25) is 33.7 Å². The number of carbonyl (C=O) groups excluding carboxylic acids is 5. The van der Waals surface area contributed by atoms with Gasteiger partial charge in [-0.2, -0.15) is 0 Å². The Morgan fingerprint density at radius 3 is 2.20 bits per heavy atom. The zero-order valence-electron chi connectivity index (χ0n) is 33.4. The molecule has 1 aromatic carbocycles. The first-order chi connectivity index (χ1) is 25.3. The second kappa shape index (κ2) is 19.9. The number of nitrogens with zero attached hydrogens (tertiary/aromatic N) is 3. The third kappa shape index (κ3) is 12.2. The van der Waals surface area contributed by atoms with Crippen LogP contribution in [0.2, 0.25) is 0 Å². The summed E-state index contributed by atoms with van der Waals surface area (Å²) >= 11 is 1.27. The Balaban J connectivity index is 1.91. The van der Waals surface area contributed by atoms with Crippen LogP contribution in [0.25, 0.3) is 0 Å². The quantitative estimate of drug-likeness (QED) is 0.175. The number of likely N-dealkylation sites (N-methyl/N-ethyl adjacent to an activating group) is 2. The highest BCUT2D eigenvalue weighted by molar-refractivity contribution is 7.12. The molecule has 0 spiro atoms. The summed E-state index contributed by atoms with van der Waals surface area (Å²) in [7, 11) is 3.46. The van der Waals surface area contributed by atoms with Crippen molar-refractivity contribution < 1.29 is 38.6 Å². The number of carboxylic acids is 1. The van der Waals surface area contributed by atoms with Crippen molar-refractivity contribution in [3.63, 3.8) is 0 Å². The number of ketones is 1. The third-order valence-electron chi connectivity index (χ3n) is 10.0. The van der Waals surface area contributed by atoms with E-state index in [0.29, 0.717) is 29.3 Å². The van der Waals surface area contributed by atoms with Crippen molar-refractivity contribution in [3.05, 3.63) is 51.5 Å². The van der Waals surface area contributed by atoms with Gasteiger partial charge in [-0.25, -0.2) is 4.98 Å². The molecule has 1 aliphatic heterocycles. The molecule has 1 aromatic heterocycles. The van der Waals surface area contributed by atoms with Crippen LogP contribution in [-0.4, -0.2) is 100 Å². The van der Waals surface area contributed by atoms with Crippen molar-refractivity contribution in [3.8, 4) is 0 Å². The van der Waals surface area contributed by atoms with Gasteiger partial charge in [-0.1, -0.05) is 78.8 Å². The van der Waals surface area contributed by atoms with E-state index in [1.165, 1.54) is 18.3 Å². The van der Waals surface area contributed by atoms with Crippen LogP contribution in [-0.2, 0) is 35.1 Å². The van der Waals surface area contributed by atoms with Gasteiger partial charge < -0.3 is 25.4 Å². The first-order valence-corrected chi connectivity index (χ1v) is 19.7. The van der Waals surface area contributed by atoms with Gasteiger partial charge in [0.25, 0.3) is 5.91 Å². The zero-order valence-corrected chi connectivity index (χ0v) is 34.2. The van der Waals surface area contributed by atoms with Gasteiger partial charge in [0.2, 0.25) is 11.8 Å². The highest BCUT2D eigenvalue weighted by Gasteiger charge is 2.38. The number of hydrogen-bond donors (Lipinski definition) is 3. The molecule has 0 aliphatic carbocycles. The summed E-state index contributed by atoms with van der Waals surface area (Å²) in [6, 6.07) is 7.06. The Bertz CT molecular complexity index is 1630. The molecule has 3 N–H and O–H groups in total. The number of aromatic nitrogens is 1. The molecule has 1 fully saturated rings. The van der Waals surface area contributed by atoms with Crippen LogP contribution in [0.15, 0.2) is 30.3 Å². The summed E-state index contributed by atoms with van der Waals surface area (Å²) in [5, 5.41) is 16.0. The second-order valence-electron chi connectivity index (χ2n) is 15.6. The van der Waals surface area contributed by atoms with E-state index in [0.717, 1.165) is 5.56 Å². The van der Waals surface area contributed by atoms with Crippen LogP contribution >= 0.6 is 11.3 Å². The summed E-state index contributed by atoms with van der Waals surface area (Å²) in [4.78, 5) is 86.8. The standard InChI is InChI=1S/C40H59N5O8S/c1-22(2)30(45(10)39(50)33(23(3)4)42-36(48)31-20-29(47)16-17-44(31)9)21-32(53-26(8)46)38-43-34(35(54-38)24(5)6)37(49)41-28(18-25(7)40(51)52)19-27-14-12-11-13-15-27/h11-15,22-25,28,30-33H,16-21H2,1-10H3,(H,41,49)(H,42,48)(H,51,52)/t25-,28+,30+,31+,32+,33-/m0/s1. The lowest BCUT2D eigenvalue weighted by molar-refractivity contribution is -0.149. The van der Waals surface area contributed by atoms with Crippen LogP contribution in [0.5, 0.6) is 0 Å². The Kier molecular flexibility index (Phi) is 16.3. The maximum Gasteiger partial charge on any atom is 0.306 e. The van der Waals surface area contributed by atoms with Crippen molar-refractivity contribution in [2.45, 2.75) is 124 Å². The number of ether oxygens (including phenoxy) is 1. The number of amides is 3. The van der Waals surface area contributed by atoms with Gasteiger partial charge >= 0.3 is 11.9 Å². The number of likely N-dealkylation sites (tertiary alicyclic amines) is 1. The van der Waals surface area contributed by atoms with E-state index in [9.17, 15) is 33.9 Å². The Hall–Kier alpha value is -4.17. The Morgan fingerprint density at radius 2 is 1.65 bits per heavy atom. The summed E-state index contributed by atoms with van der Waals surface area (Å²) in [6.07, 6.45) is 0.408. The number of esters is 1. The fraction of sp³-hybridized carbons (Fsp3) is 0.625. The van der Waals surface area contributed by atoms with E-state index in [2.05, 4.69) is 10.6 Å². The van der Waals surface area contributed by atoms with Crippen LogP contribution in [0.3, 0.4) is 0 Å². The number of carbonyl (C=O) groups is 6. The molecule has 3 rings (SSSR count). The van der Waals surface area contributed by atoms with Gasteiger partial charge in [0.05, 0.1) is 12.0 Å². The summed E-state index contributed by atoms with van der Waals surface area (Å²) in [5.74, 6) is -3.80. The molecular weight excluding hydrogens is 711 g/mol. The number of hydrogen-bond acceptors (Lipinski definition) is 10. The highest BCUT2D eigenvalue weighted by atomic mass is 32.1. The Morgan fingerprint density at radius 1 is 1.00 bits per heavy atom. The third-order valence-corrected chi connectivity index (χ3v) is 11.5. The van der Waals surface area contributed by atoms with Crippen molar-refractivity contribution in [2.24, 2.45) is 17.8 Å². The van der Waals surface area contributed by atoms with E-state index in [-0.39, 0.29) is 60.3 Å². The van der Waals surface area contributed by atoms with E-state index < -0.39 is 54.0 Å². The molecule has 2 heterocycles. The van der Waals surface area contributed by atoms with Gasteiger partial charge in [-0.05, 0) is 43.2 Å². The molecule has 14 heteroatoms. The molecule has 0 bridgehead atoms. The first-order valence-electron chi connectivity index (χ1n) is 18.8. The predicted molar refractivity (Wildman–Crippen MR) is 207 cm³/mol. The van der Waals surface area contributed by atoms with Crippen molar-refractivity contribution >= 4 is 46.8 Å². The number of nitrogens with one attached hydrogen (secondary N) is 2. The topological polar surface area (TPSA) is 175 Å². The highest BCUT2D eigenvalue weighted by Crippen LogP contribution is 2.36. The van der Waals surface area contributed by atoms with Crippen molar-refractivity contribution in [1.29, 1.82) is 0 Å². The molecule has 13 nitrogen and oxygen atoms in total. The van der Waals surface area contributed by atoms with Crippen molar-refractivity contribution in [2.75, 3.05) is 20.6 Å². The number of rotatable bonds is 18. The average molecular weight is 770 g/mol. The van der Waals surface area contributed by atoms with Crippen LogP contribution in [0, 0.1) is 17.8 Å². The minimum Gasteiger partial charge on any atom is -0.481 e. The van der Waals surface area contributed by atoms with Gasteiger partial charge in [0, 0.05) is 56.7 Å². The molecule has 2 aromatic rings. The number of aliphatic carboxylic acids is 1. The molecule has 0 unspecified atom stereocenters. The molecule has 0 saturated carbocycles. The van der Waals surface area contributed by atoms with Gasteiger partial charge in [-0.15, -0.1) is 11.3 Å². The monoisotopic (exact) mass is 769 g/mol. The smallest absolute Gasteiger partial charge is 0.306 e. The normalized spacial score (nSPS) is 17.8. The fourth-order valence-corrected chi connectivity index (χ4v) is 7.89. The summed E-state index contributed by atoms with van der Waals surface area (Å²) in [6.45, 7) is 14.9. The SMILES string of the molecule is CC(=O)O[C@H](C[C@H](C(C)C)N(C)C(=O)[C@@H](NC(=O)[C@H]1CC(=O)CCN1C)C(C)C)c1nc(C(=O)N[C@@H](Cc2ccccc2)C[C@H](C)C(=O)O)c(C(C)C)s1. The zero-order chi connectivity index (χ0) is 40.4. The number of piperidine rings is 1. The number of benzene rings is 1. The maximum absolute atomic E-state index is 14.1. The van der Waals surface area contributed by atoms with E-state index in [1.54, 1.807) is 25.9 Å². The molecule has 1 aliphatic rings. The predicted octanol–water partition coefficient (Wildman–Crippen LogP) is 5.00. The first kappa shape index (κ1) is 44.2. The molecule has 54 heavy (non-hydrogen) atoms. The molecule has 298 valence electrons. The molecule has 1 saturated heterocycles. The largest absolute Gasteiger partial charge is 0.481 e. The molecule has 3 amide bonds. The van der Waals surface area contributed by atoms with E-state index in [1.807, 2.05) is 76.8 Å². The van der Waals surface area contributed by atoms with Crippen LogP contribution in [0.4, 0.5) is 0 Å². The maximum atomic E-state index is 14.1. The molecule has 0 radical (unpaired) electrons. The lowest BCUT2D eigenvalue weighted by Gasteiger charge is -2.37. The average Bonchev–Trinajstić information content (AvgIpc) is 3.55.